The molecule has 0 spiro atoms. The molecule has 1 aromatic carbocycles. The van der Waals surface area contributed by atoms with E-state index in [1.807, 2.05) is 45.0 Å². The molecule has 1 aromatic heterocycles. The number of benzene rings is 1. The van der Waals surface area contributed by atoms with Crippen molar-refractivity contribution in [3.63, 3.8) is 0 Å². The normalized spacial score (nSPS) is 22.2. The van der Waals surface area contributed by atoms with E-state index < -0.39 is 5.54 Å². The van der Waals surface area contributed by atoms with Crippen LogP contribution in [0.4, 0.5) is 5.69 Å². The van der Waals surface area contributed by atoms with Gasteiger partial charge in [0.25, 0.3) is 5.91 Å². The minimum Gasteiger partial charge on any atom is -0.351 e. The lowest BCUT2D eigenvalue weighted by Crippen LogP contribution is -2.65. The topological polar surface area (TPSA) is 67.2 Å². The molecular formula is C28H40N4O2. The third-order valence-corrected chi connectivity index (χ3v) is 7.67. The molecule has 1 fully saturated rings. The van der Waals surface area contributed by atoms with Crippen LogP contribution in [-0.2, 0) is 16.8 Å². The largest absolute Gasteiger partial charge is 0.351 e. The molecule has 0 radical (unpaired) electrons. The van der Waals surface area contributed by atoms with Gasteiger partial charge in [-0.2, -0.15) is 5.10 Å². The van der Waals surface area contributed by atoms with Gasteiger partial charge in [0.15, 0.2) is 0 Å². The van der Waals surface area contributed by atoms with Crippen molar-refractivity contribution in [3.8, 4) is 0 Å². The van der Waals surface area contributed by atoms with Gasteiger partial charge in [-0.05, 0) is 56.9 Å². The van der Waals surface area contributed by atoms with Gasteiger partial charge in [-0.15, -0.1) is 0 Å². The van der Waals surface area contributed by atoms with Crippen LogP contribution in [0, 0.1) is 13.8 Å². The number of carbonyl (C=O) groups is 2. The first-order chi connectivity index (χ1) is 16.0. The Morgan fingerprint density at radius 2 is 1.74 bits per heavy atom. The number of rotatable bonds is 3. The van der Waals surface area contributed by atoms with E-state index in [0.717, 1.165) is 48.2 Å². The summed E-state index contributed by atoms with van der Waals surface area (Å²) in [6.45, 7) is 12.6. The monoisotopic (exact) mass is 464 g/mol. The molecule has 0 unspecified atom stereocenters. The Labute approximate surface area is 204 Å². The average Bonchev–Trinajstić information content (AvgIpc) is 3.17. The van der Waals surface area contributed by atoms with Crippen molar-refractivity contribution in [2.45, 2.75) is 110 Å². The summed E-state index contributed by atoms with van der Waals surface area (Å²) in [7, 11) is 0. The summed E-state index contributed by atoms with van der Waals surface area (Å²) >= 11 is 0. The molecule has 1 aliphatic carbocycles. The molecule has 34 heavy (non-hydrogen) atoms. The molecule has 1 atom stereocenters. The van der Waals surface area contributed by atoms with Crippen LogP contribution < -0.4 is 10.2 Å². The zero-order valence-corrected chi connectivity index (χ0v) is 21.7. The van der Waals surface area contributed by atoms with E-state index in [0.29, 0.717) is 12.2 Å². The fourth-order valence-corrected chi connectivity index (χ4v) is 5.24. The van der Waals surface area contributed by atoms with E-state index in [-0.39, 0.29) is 23.3 Å². The fraction of sp³-hybridized carbons (Fsp3) is 0.607. The van der Waals surface area contributed by atoms with Gasteiger partial charge in [0.05, 0.1) is 12.2 Å². The summed E-state index contributed by atoms with van der Waals surface area (Å²) in [6.07, 6.45) is 8.01. The predicted octanol–water partition coefficient (Wildman–Crippen LogP) is 5.45. The summed E-state index contributed by atoms with van der Waals surface area (Å²) in [5, 5.41) is 8.13. The van der Waals surface area contributed by atoms with Gasteiger partial charge >= 0.3 is 0 Å². The van der Waals surface area contributed by atoms with E-state index >= 15 is 0 Å². The minimum absolute atomic E-state index is 0.0919. The number of nitrogens with zero attached hydrogens (tertiary/aromatic N) is 3. The third-order valence-electron chi connectivity index (χ3n) is 7.67. The zero-order chi connectivity index (χ0) is 24.7. The zero-order valence-electron chi connectivity index (χ0n) is 21.7. The average molecular weight is 465 g/mol. The van der Waals surface area contributed by atoms with Crippen LogP contribution in [0.1, 0.15) is 99.9 Å². The van der Waals surface area contributed by atoms with Crippen LogP contribution in [0.15, 0.2) is 24.3 Å². The SMILES string of the molecule is Cc1cccc(N2C(=O)c3cc(C(C)(C)C)nn3C[C@]2(C)C(=O)NC2CCCCCCC2)c1C. The summed E-state index contributed by atoms with van der Waals surface area (Å²) in [4.78, 5) is 29.7. The molecule has 0 saturated heterocycles. The molecule has 6 nitrogen and oxygen atoms in total. The number of hydrogen-bond donors (Lipinski definition) is 1. The van der Waals surface area contributed by atoms with E-state index in [1.165, 1.54) is 19.3 Å². The number of carbonyl (C=O) groups excluding carboxylic acids is 2. The van der Waals surface area contributed by atoms with Gasteiger partial charge in [0, 0.05) is 17.1 Å². The number of aryl methyl sites for hydroxylation is 1. The quantitative estimate of drug-likeness (QED) is 0.657. The Balaban J connectivity index is 1.77. The van der Waals surface area contributed by atoms with E-state index in [4.69, 9.17) is 5.10 Å². The maximum Gasteiger partial charge on any atom is 0.277 e. The Bertz CT molecular complexity index is 1070. The highest BCUT2D eigenvalue weighted by molar-refractivity contribution is 6.12. The smallest absolute Gasteiger partial charge is 0.277 e. The summed E-state index contributed by atoms with van der Waals surface area (Å²) < 4.78 is 1.75. The lowest BCUT2D eigenvalue weighted by Gasteiger charge is -2.44. The van der Waals surface area contributed by atoms with Crippen LogP contribution in [0.2, 0.25) is 0 Å². The van der Waals surface area contributed by atoms with Crippen LogP contribution in [0.5, 0.6) is 0 Å². The summed E-state index contributed by atoms with van der Waals surface area (Å²) in [5.74, 6) is -0.260. The Hall–Kier alpha value is -2.63. The second kappa shape index (κ2) is 9.20. The molecule has 1 saturated carbocycles. The minimum atomic E-state index is -1.08. The molecule has 4 rings (SSSR count). The van der Waals surface area contributed by atoms with Gasteiger partial charge in [0.2, 0.25) is 5.91 Å². The second-order valence-electron chi connectivity index (χ2n) is 11.5. The molecular weight excluding hydrogens is 424 g/mol. The van der Waals surface area contributed by atoms with Crippen molar-refractivity contribution < 1.29 is 9.59 Å². The van der Waals surface area contributed by atoms with Crippen LogP contribution >= 0.6 is 0 Å². The molecule has 2 heterocycles. The van der Waals surface area contributed by atoms with Crippen molar-refractivity contribution in [2.24, 2.45) is 0 Å². The number of nitrogens with one attached hydrogen (secondary N) is 1. The molecule has 2 amide bonds. The van der Waals surface area contributed by atoms with Crippen LogP contribution in [0.3, 0.4) is 0 Å². The molecule has 0 bridgehead atoms. The maximum atomic E-state index is 14.0. The van der Waals surface area contributed by atoms with Gasteiger partial charge in [0.1, 0.15) is 11.2 Å². The Kier molecular flexibility index (Phi) is 6.63. The van der Waals surface area contributed by atoms with Gasteiger partial charge in [-0.25, -0.2) is 0 Å². The molecule has 1 aliphatic heterocycles. The number of amides is 2. The van der Waals surface area contributed by atoms with Gasteiger partial charge in [-0.3, -0.25) is 19.2 Å². The van der Waals surface area contributed by atoms with Crippen molar-refractivity contribution in [3.05, 3.63) is 46.8 Å². The molecule has 6 heteroatoms. The van der Waals surface area contributed by atoms with E-state index in [9.17, 15) is 9.59 Å². The second-order valence-corrected chi connectivity index (χ2v) is 11.5. The number of fused-ring (bicyclic) bond motifs is 1. The summed E-state index contributed by atoms with van der Waals surface area (Å²) in [5.41, 5.74) is 3.05. The number of hydrogen-bond acceptors (Lipinski definition) is 3. The third kappa shape index (κ3) is 4.51. The lowest BCUT2D eigenvalue weighted by atomic mass is 9.90. The number of anilines is 1. The van der Waals surface area contributed by atoms with E-state index in [2.05, 4.69) is 26.1 Å². The van der Waals surface area contributed by atoms with Crippen molar-refractivity contribution in [2.75, 3.05) is 4.90 Å². The molecule has 2 aliphatic rings. The van der Waals surface area contributed by atoms with Crippen LogP contribution in [-0.4, -0.2) is 33.2 Å². The number of aromatic nitrogens is 2. The fourth-order valence-electron chi connectivity index (χ4n) is 5.24. The molecule has 184 valence electrons. The Morgan fingerprint density at radius 1 is 1.09 bits per heavy atom. The van der Waals surface area contributed by atoms with E-state index in [1.54, 1.807) is 9.58 Å². The standard InChI is InChI=1S/C28H40N4O2/c1-19-13-12-16-22(20(19)2)32-25(33)23-17-24(27(3,4)5)30-31(23)18-28(32,6)26(34)29-21-14-10-8-7-9-11-15-21/h12-13,16-17,21H,7-11,14-15,18H2,1-6H3,(H,29,34)/t28-/m1/s1. The highest BCUT2D eigenvalue weighted by Crippen LogP contribution is 2.37. The van der Waals surface area contributed by atoms with Crippen molar-refractivity contribution >= 4 is 17.5 Å². The van der Waals surface area contributed by atoms with Crippen molar-refractivity contribution in [1.82, 2.24) is 15.1 Å². The first-order valence-electron chi connectivity index (χ1n) is 12.8. The highest BCUT2D eigenvalue weighted by Gasteiger charge is 2.50. The van der Waals surface area contributed by atoms with Gasteiger partial charge in [-0.1, -0.05) is 65.0 Å². The maximum absolute atomic E-state index is 14.0. The molecule has 2 aromatic rings. The first-order valence-corrected chi connectivity index (χ1v) is 12.8. The van der Waals surface area contributed by atoms with Crippen molar-refractivity contribution in [1.29, 1.82) is 0 Å². The predicted molar refractivity (Wildman–Crippen MR) is 136 cm³/mol. The lowest BCUT2D eigenvalue weighted by molar-refractivity contribution is -0.127. The summed E-state index contributed by atoms with van der Waals surface area (Å²) in [6, 6.07) is 8.01. The molecule has 1 N–H and O–H groups in total. The van der Waals surface area contributed by atoms with Crippen LogP contribution in [0.25, 0.3) is 0 Å². The van der Waals surface area contributed by atoms with Gasteiger partial charge < -0.3 is 5.32 Å². The highest BCUT2D eigenvalue weighted by atomic mass is 16.2. The first kappa shape index (κ1) is 24.5. The Morgan fingerprint density at radius 3 is 2.38 bits per heavy atom.